The number of anilines is 2. The highest BCUT2D eigenvalue weighted by atomic mass is 16.5. The number of para-hydroxylation sites is 1. The lowest BCUT2D eigenvalue weighted by Gasteiger charge is -2.36. The molecule has 2 aromatic carbocycles. The van der Waals surface area contributed by atoms with Crippen molar-refractivity contribution in [3.8, 4) is 5.75 Å². The number of carbonyl (C=O) groups is 2. The van der Waals surface area contributed by atoms with E-state index in [0.717, 1.165) is 38.3 Å². The summed E-state index contributed by atoms with van der Waals surface area (Å²) in [6.45, 7) is 8.79. The molecular weight excluding hydrogens is 568 g/mol. The number of nitrogens with one attached hydrogen (secondary N) is 2. The first kappa shape index (κ1) is 34.7. The van der Waals surface area contributed by atoms with Crippen molar-refractivity contribution in [3.63, 3.8) is 0 Å². The molecule has 3 N–H and O–H groups in total. The number of amides is 3. The maximum atomic E-state index is 14.3. The Hall–Kier alpha value is -3.14. The highest BCUT2D eigenvalue weighted by Crippen LogP contribution is 2.29. The highest BCUT2D eigenvalue weighted by Gasteiger charge is 2.31. The molecule has 0 saturated heterocycles. The van der Waals surface area contributed by atoms with Gasteiger partial charge in [-0.1, -0.05) is 44.4 Å². The normalized spacial score (nSPS) is 23.0. The van der Waals surface area contributed by atoms with Crippen molar-refractivity contribution >= 4 is 23.3 Å². The molecule has 4 atom stereocenters. The summed E-state index contributed by atoms with van der Waals surface area (Å²) in [6.07, 6.45) is 9.15. The number of urea groups is 1. The van der Waals surface area contributed by atoms with Crippen LogP contribution in [0.1, 0.15) is 82.5 Å². The third-order valence-electron chi connectivity index (χ3n) is 9.13. The van der Waals surface area contributed by atoms with Gasteiger partial charge in [0.25, 0.3) is 5.91 Å². The topological polar surface area (TPSA) is 103 Å². The van der Waals surface area contributed by atoms with E-state index in [-0.39, 0.29) is 30.6 Å². The second-order valence-electron chi connectivity index (χ2n) is 13.2. The SMILES string of the molecule is C[C@H](CO)N1C[C@H](C)[C@@H](CN(C)CC2CCCCC2)OCCCC[C@H](C)Oc2ccc(NC(=O)Nc3ccccc3)cc2C1=O. The Labute approximate surface area is 269 Å². The molecule has 1 aliphatic carbocycles. The van der Waals surface area contributed by atoms with Crippen LogP contribution in [0.3, 0.4) is 0 Å². The summed E-state index contributed by atoms with van der Waals surface area (Å²) in [5, 5.41) is 15.9. The van der Waals surface area contributed by atoms with E-state index in [2.05, 4.69) is 29.5 Å². The van der Waals surface area contributed by atoms with Crippen LogP contribution in [0.5, 0.6) is 5.75 Å². The third kappa shape index (κ3) is 10.7. The molecule has 9 heteroatoms. The Morgan fingerprint density at radius 3 is 2.42 bits per heavy atom. The molecule has 0 radical (unpaired) electrons. The lowest BCUT2D eigenvalue weighted by atomic mass is 9.89. The predicted octanol–water partition coefficient (Wildman–Crippen LogP) is 6.64. The number of benzene rings is 2. The largest absolute Gasteiger partial charge is 0.490 e. The van der Waals surface area contributed by atoms with Crippen molar-refractivity contribution in [2.45, 2.75) is 90.4 Å². The Morgan fingerprint density at radius 1 is 0.978 bits per heavy atom. The fraction of sp³-hybridized carbons (Fsp3) is 0.611. The maximum absolute atomic E-state index is 14.3. The molecule has 2 aliphatic rings. The lowest BCUT2D eigenvalue weighted by molar-refractivity contribution is -0.0190. The van der Waals surface area contributed by atoms with Crippen LogP contribution in [0.4, 0.5) is 16.2 Å². The molecular formula is C36H54N4O5. The summed E-state index contributed by atoms with van der Waals surface area (Å²) in [6, 6.07) is 13.5. The van der Waals surface area contributed by atoms with Crippen LogP contribution < -0.4 is 15.4 Å². The zero-order chi connectivity index (χ0) is 32.2. The van der Waals surface area contributed by atoms with E-state index in [1.807, 2.05) is 44.2 Å². The zero-order valence-electron chi connectivity index (χ0n) is 27.7. The van der Waals surface area contributed by atoms with E-state index >= 15 is 0 Å². The fourth-order valence-corrected chi connectivity index (χ4v) is 6.47. The van der Waals surface area contributed by atoms with E-state index in [9.17, 15) is 14.7 Å². The predicted molar refractivity (Wildman–Crippen MR) is 180 cm³/mol. The van der Waals surface area contributed by atoms with E-state index in [1.165, 1.54) is 32.1 Å². The first-order valence-electron chi connectivity index (χ1n) is 16.9. The van der Waals surface area contributed by atoms with Crippen molar-refractivity contribution in [1.82, 2.24) is 9.80 Å². The maximum Gasteiger partial charge on any atom is 0.323 e. The number of nitrogens with zero attached hydrogens (tertiary/aromatic N) is 2. The van der Waals surface area contributed by atoms with E-state index in [1.54, 1.807) is 23.1 Å². The average Bonchev–Trinajstić information content (AvgIpc) is 3.03. The smallest absolute Gasteiger partial charge is 0.323 e. The van der Waals surface area contributed by atoms with Crippen LogP contribution >= 0.6 is 0 Å². The highest BCUT2D eigenvalue weighted by molar-refractivity contribution is 6.02. The van der Waals surface area contributed by atoms with Gasteiger partial charge in [-0.3, -0.25) is 4.79 Å². The van der Waals surface area contributed by atoms with E-state index in [0.29, 0.717) is 35.8 Å². The van der Waals surface area contributed by atoms with E-state index in [4.69, 9.17) is 9.47 Å². The van der Waals surface area contributed by atoms with Crippen molar-refractivity contribution in [2.75, 3.05) is 50.5 Å². The van der Waals surface area contributed by atoms with Gasteiger partial charge in [0.2, 0.25) is 0 Å². The number of ether oxygens (including phenoxy) is 2. The molecule has 0 unspecified atom stereocenters. The molecule has 1 fully saturated rings. The standard InChI is InChI=1S/C36H54N4O5/c1-26-22-40(27(2)25-41)35(42)32-21-31(38-36(43)37-30-16-9-6-10-17-30)18-19-33(32)45-28(3)13-11-12-20-44-34(26)24-39(4)23-29-14-7-5-8-15-29/h6,9-10,16-19,21,26-29,34,41H,5,7-8,11-15,20,22-25H2,1-4H3,(H2,37,38,43)/t26-,27+,28-,34+/m0/s1. The first-order chi connectivity index (χ1) is 21.7. The molecule has 1 aliphatic heterocycles. The number of likely N-dealkylation sites (N-methyl/N-ethyl adjacent to an activating group) is 1. The van der Waals surface area contributed by atoms with Crippen LogP contribution in [0.15, 0.2) is 48.5 Å². The summed E-state index contributed by atoms with van der Waals surface area (Å²) < 4.78 is 12.9. The minimum Gasteiger partial charge on any atom is -0.490 e. The van der Waals surface area contributed by atoms with Crippen molar-refractivity contribution in [2.24, 2.45) is 11.8 Å². The number of hydrogen-bond acceptors (Lipinski definition) is 6. The number of carbonyl (C=O) groups excluding carboxylic acids is 2. The summed E-state index contributed by atoms with van der Waals surface area (Å²) in [4.78, 5) is 31.2. The van der Waals surface area contributed by atoms with Crippen LogP contribution in [-0.4, -0.2) is 85.0 Å². The monoisotopic (exact) mass is 622 g/mol. The van der Waals surface area contributed by atoms with Gasteiger partial charge in [-0.2, -0.15) is 0 Å². The number of aliphatic hydroxyl groups excluding tert-OH is 1. The van der Waals surface area contributed by atoms with Crippen molar-refractivity contribution in [3.05, 3.63) is 54.1 Å². The Bertz CT molecular complexity index is 1210. The molecule has 3 amide bonds. The molecule has 1 saturated carbocycles. The minimum atomic E-state index is -0.420. The number of rotatable bonds is 8. The molecule has 9 nitrogen and oxygen atoms in total. The van der Waals surface area contributed by atoms with Gasteiger partial charge < -0.3 is 35.0 Å². The fourth-order valence-electron chi connectivity index (χ4n) is 6.47. The van der Waals surface area contributed by atoms with Gasteiger partial charge in [-0.05, 0) is 89.2 Å². The number of aliphatic hydroxyl groups is 1. The van der Waals surface area contributed by atoms with Crippen molar-refractivity contribution in [1.29, 1.82) is 0 Å². The van der Waals surface area contributed by atoms with Crippen LogP contribution in [0.2, 0.25) is 0 Å². The second-order valence-corrected chi connectivity index (χ2v) is 13.2. The number of fused-ring (bicyclic) bond motifs is 1. The van der Waals surface area contributed by atoms with Crippen LogP contribution in [-0.2, 0) is 4.74 Å². The summed E-state index contributed by atoms with van der Waals surface area (Å²) >= 11 is 0. The van der Waals surface area contributed by atoms with Gasteiger partial charge in [0.05, 0.1) is 30.4 Å². The van der Waals surface area contributed by atoms with Crippen LogP contribution in [0, 0.1) is 11.8 Å². The van der Waals surface area contributed by atoms with E-state index < -0.39 is 12.1 Å². The van der Waals surface area contributed by atoms with Gasteiger partial charge in [-0.25, -0.2) is 4.79 Å². The van der Waals surface area contributed by atoms with Crippen molar-refractivity contribution < 1.29 is 24.2 Å². The van der Waals surface area contributed by atoms with Gasteiger partial charge in [0, 0.05) is 43.5 Å². The van der Waals surface area contributed by atoms with Gasteiger partial charge in [0.15, 0.2) is 0 Å². The molecule has 0 aromatic heterocycles. The molecule has 45 heavy (non-hydrogen) atoms. The Balaban J connectivity index is 1.56. The minimum absolute atomic E-state index is 0.0287. The van der Waals surface area contributed by atoms with Gasteiger partial charge in [-0.15, -0.1) is 0 Å². The molecule has 2 aromatic rings. The van der Waals surface area contributed by atoms with Crippen LogP contribution in [0.25, 0.3) is 0 Å². The summed E-state index contributed by atoms with van der Waals surface area (Å²) in [5.41, 5.74) is 1.50. The summed E-state index contributed by atoms with van der Waals surface area (Å²) in [7, 11) is 2.19. The second kappa shape index (κ2) is 17.5. The molecule has 4 rings (SSSR count). The Morgan fingerprint density at radius 2 is 1.69 bits per heavy atom. The number of hydrogen-bond donors (Lipinski definition) is 3. The average molecular weight is 623 g/mol. The zero-order valence-corrected chi connectivity index (χ0v) is 27.7. The third-order valence-corrected chi connectivity index (χ3v) is 9.13. The summed E-state index contributed by atoms with van der Waals surface area (Å²) in [5.74, 6) is 0.993. The lowest BCUT2D eigenvalue weighted by Crippen LogP contribution is -2.47. The quantitative estimate of drug-likeness (QED) is 0.305. The first-order valence-corrected chi connectivity index (χ1v) is 16.9. The molecule has 0 spiro atoms. The van der Waals surface area contributed by atoms with Gasteiger partial charge >= 0.3 is 6.03 Å². The molecule has 1 heterocycles. The molecule has 248 valence electrons. The Kier molecular flexibility index (Phi) is 13.5. The molecule has 0 bridgehead atoms. The van der Waals surface area contributed by atoms with Gasteiger partial charge in [0.1, 0.15) is 5.75 Å².